The van der Waals surface area contributed by atoms with Gasteiger partial charge >= 0.3 is 0 Å². The molecule has 3 aromatic rings. The van der Waals surface area contributed by atoms with Crippen LogP contribution in [-0.4, -0.2) is 22.6 Å². The third kappa shape index (κ3) is 3.28. The first kappa shape index (κ1) is 18.9. The summed E-state index contributed by atoms with van der Waals surface area (Å²) in [6, 6.07) is 18.8. The predicted octanol–water partition coefficient (Wildman–Crippen LogP) is 4.16. The Balaban J connectivity index is 1.64. The molecule has 2 heterocycles. The highest BCUT2D eigenvalue weighted by atomic mass is 16.1. The SMILES string of the molecule is CCC(c1nc2c(c(=O)n1Cc1ccccc1)CCC2)N1CCNc2ccccc21. The van der Waals surface area contributed by atoms with Gasteiger partial charge in [-0.1, -0.05) is 49.4 Å². The molecule has 30 heavy (non-hydrogen) atoms. The molecule has 2 aromatic carbocycles. The number of aryl methyl sites for hydroxylation is 1. The predicted molar refractivity (Wildman–Crippen MR) is 121 cm³/mol. The van der Waals surface area contributed by atoms with Gasteiger partial charge in [-0.15, -0.1) is 0 Å². The van der Waals surface area contributed by atoms with E-state index in [4.69, 9.17) is 4.98 Å². The lowest BCUT2D eigenvalue weighted by Gasteiger charge is -2.38. The molecule has 0 spiro atoms. The average Bonchev–Trinajstić information content (AvgIpc) is 3.26. The van der Waals surface area contributed by atoms with Crippen LogP contribution in [0.2, 0.25) is 0 Å². The summed E-state index contributed by atoms with van der Waals surface area (Å²) in [5.41, 5.74) is 5.57. The van der Waals surface area contributed by atoms with Gasteiger partial charge < -0.3 is 10.2 Å². The van der Waals surface area contributed by atoms with Crippen LogP contribution < -0.4 is 15.8 Å². The van der Waals surface area contributed by atoms with Crippen LogP contribution in [0.4, 0.5) is 11.4 Å². The molecule has 0 bridgehead atoms. The topological polar surface area (TPSA) is 50.2 Å². The third-order valence-corrected chi connectivity index (χ3v) is 6.34. The minimum absolute atomic E-state index is 0.0653. The van der Waals surface area contributed by atoms with Gasteiger partial charge in [-0.3, -0.25) is 9.36 Å². The number of nitrogens with one attached hydrogen (secondary N) is 1. The van der Waals surface area contributed by atoms with E-state index in [1.54, 1.807) is 0 Å². The first-order valence-electron chi connectivity index (χ1n) is 11.0. The summed E-state index contributed by atoms with van der Waals surface area (Å²) in [7, 11) is 0. The van der Waals surface area contributed by atoms with E-state index in [2.05, 4.69) is 53.5 Å². The second-order valence-electron chi connectivity index (χ2n) is 8.19. The number of nitrogens with zero attached hydrogens (tertiary/aromatic N) is 3. The van der Waals surface area contributed by atoms with Crippen LogP contribution in [0.25, 0.3) is 0 Å². The van der Waals surface area contributed by atoms with Crippen molar-refractivity contribution in [2.24, 2.45) is 0 Å². The van der Waals surface area contributed by atoms with Crippen molar-refractivity contribution in [3.63, 3.8) is 0 Å². The largest absolute Gasteiger partial charge is 0.382 e. The number of hydrogen-bond acceptors (Lipinski definition) is 4. The zero-order valence-electron chi connectivity index (χ0n) is 17.5. The molecule has 2 aliphatic rings. The molecule has 1 N–H and O–H groups in total. The summed E-state index contributed by atoms with van der Waals surface area (Å²) in [4.78, 5) is 21.1. The molecule has 5 rings (SSSR count). The molecular weight excluding hydrogens is 372 g/mol. The first-order chi connectivity index (χ1) is 14.8. The molecule has 1 unspecified atom stereocenters. The van der Waals surface area contributed by atoms with Crippen LogP contribution in [-0.2, 0) is 19.4 Å². The molecule has 0 fully saturated rings. The van der Waals surface area contributed by atoms with Crippen molar-refractivity contribution in [2.45, 2.75) is 45.2 Å². The number of anilines is 2. The Kier molecular flexibility index (Phi) is 5.03. The first-order valence-corrected chi connectivity index (χ1v) is 11.0. The van der Waals surface area contributed by atoms with E-state index in [0.717, 1.165) is 67.1 Å². The van der Waals surface area contributed by atoms with E-state index < -0.39 is 0 Å². The molecule has 1 aliphatic heterocycles. The van der Waals surface area contributed by atoms with E-state index >= 15 is 0 Å². The maximum atomic E-state index is 13.5. The van der Waals surface area contributed by atoms with Crippen LogP contribution in [0.15, 0.2) is 59.4 Å². The van der Waals surface area contributed by atoms with Gasteiger partial charge in [0.15, 0.2) is 0 Å². The van der Waals surface area contributed by atoms with Gasteiger partial charge in [0.2, 0.25) is 0 Å². The minimum atomic E-state index is 0.0653. The highest BCUT2D eigenvalue weighted by molar-refractivity contribution is 5.72. The quantitative estimate of drug-likeness (QED) is 0.699. The molecule has 154 valence electrons. The lowest BCUT2D eigenvalue weighted by molar-refractivity contribution is 0.519. The number of fused-ring (bicyclic) bond motifs is 2. The Labute approximate surface area is 177 Å². The number of rotatable bonds is 5. The minimum Gasteiger partial charge on any atom is -0.382 e. The highest BCUT2D eigenvalue weighted by Gasteiger charge is 2.30. The highest BCUT2D eigenvalue weighted by Crippen LogP contribution is 2.36. The fourth-order valence-corrected chi connectivity index (χ4v) is 4.89. The van der Waals surface area contributed by atoms with Gasteiger partial charge in [0.1, 0.15) is 5.82 Å². The van der Waals surface area contributed by atoms with Gasteiger partial charge in [0.25, 0.3) is 5.56 Å². The van der Waals surface area contributed by atoms with E-state index in [-0.39, 0.29) is 11.6 Å². The third-order valence-electron chi connectivity index (χ3n) is 6.34. The fraction of sp³-hybridized carbons (Fsp3) is 0.360. The molecular formula is C25H28N4O. The fourth-order valence-electron chi connectivity index (χ4n) is 4.89. The summed E-state index contributed by atoms with van der Waals surface area (Å²) >= 11 is 0. The Morgan fingerprint density at radius 1 is 1.07 bits per heavy atom. The molecule has 5 heteroatoms. The Morgan fingerprint density at radius 2 is 1.87 bits per heavy atom. The Bertz CT molecular complexity index is 1110. The van der Waals surface area contributed by atoms with E-state index in [0.29, 0.717) is 6.54 Å². The zero-order valence-corrected chi connectivity index (χ0v) is 17.5. The Morgan fingerprint density at radius 3 is 2.70 bits per heavy atom. The van der Waals surface area contributed by atoms with Crippen LogP contribution in [0.5, 0.6) is 0 Å². The van der Waals surface area contributed by atoms with Crippen LogP contribution >= 0.6 is 0 Å². The van der Waals surface area contributed by atoms with E-state index in [1.165, 1.54) is 5.69 Å². The molecule has 0 saturated carbocycles. The maximum Gasteiger partial charge on any atom is 0.257 e. The summed E-state index contributed by atoms with van der Waals surface area (Å²) in [6.45, 7) is 4.55. The van der Waals surface area contributed by atoms with Crippen LogP contribution in [0, 0.1) is 0 Å². The second kappa shape index (κ2) is 7.98. The van der Waals surface area contributed by atoms with Crippen molar-refractivity contribution < 1.29 is 0 Å². The number of benzene rings is 2. The summed E-state index contributed by atoms with van der Waals surface area (Å²) in [5.74, 6) is 0.906. The van der Waals surface area contributed by atoms with Crippen LogP contribution in [0.1, 0.15) is 48.5 Å². The van der Waals surface area contributed by atoms with Gasteiger partial charge in [0, 0.05) is 18.7 Å². The molecule has 5 nitrogen and oxygen atoms in total. The summed E-state index contributed by atoms with van der Waals surface area (Å²) in [5, 5.41) is 3.50. The van der Waals surface area contributed by atoms with Gasteiger partial charge in [-0.25, -0.2) is 4.98 Å². The average molecular weight is 401 g/mol. The molecule has 1 aliphatic carbocycles. The standard InChI is InChI=1S/C25H28N4O/c1-2-22(28-16-15-26-21-12-6-7-14-23(21)28)24-27-20-13-8-11-19(20)25(30)29(24)17-18-9-4-3-5-10-18/h3-7,9-10,12,14,22,26H,2,8,11,13,15-17H2,1H3. The zero-order chi connectivity index (χ0) is 20.5. The molecule has 0 saturated heterocycles. The van der Waals surface area contributed by atoms with E-state index in [1.807, 2.05) is 22.8 Å². The molecule has 1 aromatic heterocycles. The van der Waals surface area contributed by atoms with Gasteiger partial charge in [-0.2, -0.15) is 0 Å². The van der Waals surface area contributed by atoms with Crippen molar-refractivity contribution in [1.82, 2.24) is 9.55 Å². The number of aromatic nitrogens is 2. The lowest BCUT2D eigenvalue weighted by atomic mass is 10.1. The van der Waals surface area contributed by atoms with Crippen molar-refractivity contribution in [2.75, 3.05) is 23.3 Å². The Hall–Kier alpha value is -3.08. The monoisotopic (exact) mass is 400 g/mol. The summed E-state index contributed by atoms with van der Waals surface area (Å²) in [6.07, 6.45) is 3.69. The van der Waals surface area contributed by atoms with Crippen molar-refractivity contribution in [3.05, 3.63) is 87.6 Å². The smallest absolute Gasteiger partial charge is 0.257 e. The molecule has 0 radical (unpaired) electrons. The van der Waals surface area contributed by atoms with Crippen molar-refractivity contribution in [1.29, 1.82) is 0 Å². The number of hydrogen-bond donors (Lipinski definition) is 1. The maximum absolute atomic E-state index is 13.5. The number of para-hydroxylation sites is 2. The normalized spacial score (nSPS) is 16.0. The summed E-state index contributed by atoms with van der Waals surface area (Å²) < 4.78 is 1.94. The molecule has 1 atom stereocenters. The van der Waals surface area contributed by atoms with Crippen molar-refractivity contribution >= 4 is 11.4 Å². The second-order valence-corrected chi connectivity index (χ2v) is 8.19. The van der Waals surface area contributed by atoms with Gasteiger partial charge in [-0.05, 0) is 43.4 Å². The molecule has 0 amide bonds. The lowest BCUT2D eigenvalue weighted by Crippen LogP contribution is -2.41. The van der Waals surface area contributed by atoms with Crippen molar-refractivity contribution in [3.8, 4) is 0 Å². The van der Waals surface area contributed by atoms with Gasteiger partial charge in [0.05, 0.1) is 29.7 Å². The van der Waals surface area contributed by atoms with Crippen LogP contribution in [0.3, 0.4) is 0 Å². The van der Waals surface area contributed by atoms with E-state index in [9.17, 15) is 4.79 Å².